The fraction of sp³-hybridized carbons (Fsp3) is 0.231. The maximum absolute atomic E-state index is 11.2. The Morgan fingerprint density at radius 1 is 1.29 bits per heavy atom. The van der Waals surface area contributed by atoms with Crippen LogP contribution < -0.4 is 0 Å². The molecule has 2 rings (SSSR count). The Morgan fingerprint density at radius 3 is 2.53 bits per heavy atom. The second-order valence-electron chi connectivity index (χ2n) is 4.12. The zero-order valence-electron chi connectivity index (χ0n) is 10.1. The Labute approximate surface area is 99.5 Å². The molecule has 1 N–H and O–H groups in total. The molecule has 0 aliphatic rings. The highest BCUT2D eigenvalue weighted by atomic mass is 16.4. The van der Waals surface area contributed by atoms with Gasteiger partial charge in [0.15, 0.2) is 0 Å². The van der Waals surface area contributed by atoms with Gasteiger partial charge in [0.2, 0.25) is 0 Å². The third-order valence-electron chi connectivity index (χ3n) is 2.93. The number of aromatic carboxylic acids is 1. The van der Waals surface area contributed by atoms with Gasteiger partial charge in [-0.1, -0.05) is 17.7 Å². The first-order valence-electron chi connectivity index (χ1n) is 5.33. The number of aryl methyl sites for hydroxylation is 2. The monoisotopic (exact) mass is 230 g/mol. The predicted octanol–water partition coefficient (Wildman–Crippen LogP) is 2.40. The van der Waals surface area contributed by atoms with Gasteiger partial charge in [-0.3, -0.25) is 4.68 Å². The average molecular weight is 230 g/mol. The van der Waals surface area contributed by atoms with E-state index in [1.165, 1.54) is 0 Å². The van der Waals surface area contributed by atoms with Crippen molar-refractivity contribution in [3.63, 3.8) is 0 Å². The first-order chi connectivity index (χ1) is 8.00. The number of hydrogen-bond acceptors (Lipinski definition) is 2. The van der Waals surface area contributed by atoms with Gasteiger partial charge in [-0.05, 0) is 25.5 Å². The average Bonchev–Trinajstić information content (AvgIpc) is 2.59. The summed E-state index contributed by atoms with van der Waals surface area (Å²) in [6.07, 6.45) is 1.70. The van der Waals surface area contributed by atoms with Crippen LogP contribution in [0.4, 0.5) is 0 Å². The first-order valence-corrected chi connectivity index (χ1v) is 5.33. The largest absolute Gasteiger partial charge is 0.478 e. The van der Waals surface area contributed by atoms with Gasteiger partial charge in [-0.15, -0.1) is 0 Å². The van der Waals surface area contributed by atoms with Crippen molar-refractivity contribution in [3.8, 4) is 11.1 Å². The molecule has 2 aromatic rings. The van der Waals surface area contributed by atoms with Crippen LogP contribution in [-0.2, 0) is 7.05 Å². The van der Waals surface area contributed by atoms with Crippen LogP contribution in [-0.4, -0.2) is 20.9 Å². The van der Waals surface area contributed by atoms with Gasteiger partial charge in [-0.2, -0.15) is 5.10 Å². The van der Waals surface area contributed by atoms with Crippen LogP contribution in [0.3, 0.4) is 0 Å². The molecule has 0 amide bonds. The third-order valence-corrected chi connectivity index (χ3v) is 2.93. The van der Waals surface area contributed by atoms with Crippen molar-refractivity contribution < 1.29 is 9.90 Å². The van der Waals surface area contributed by atoms with Crippen molar-refractivity contribution in [1.82, 2.24) is 9.78 Å². The molecule has 1 heterocycles. The molecular formula is C13H14N2O2. The second kappa shape index (κ2) is 4.05. The van der Waals surface area contributed by atoms with Crippen LogP contribution in [0.2, 0.25) is 0 Å². The van der Waals surface area contributed by atoms with Crippen LogP contribution in [0, 0.1) is 13.8 Å². The topological polar surface area (TPSA) is 55.1 Å². The summed E-state index contributed by atoms with van der Waals surface area (Å²) in [5.41, 5.74) is 3.90. The smallest absolute Gasteiger partial charge is 0.336 e. The van der Waals surface area contributed by atoms with Gasteiger partial charge in [0.05, 0.1) is 11.8 Å². The highest BCUT2D eigenvalue weighted by Crippen LogP contribution is 2.27. The lowest BCUT2D eigenvalue weighted by Gasteiger charge is -2.07. The number of rotatable bonds is 2. The van der Waals surface area contributed by atoms with E-state index in [2.05, 4.69) is 5.10 Å². The van der Waals surface area contributed by atoms with Crippen LogP contribution in [0.5, 0.6) is 0 Å². The molecule has 4 nitrogen and oxygen atoms in total. The molecule has 0 bridgehead atoms. The number of benzene rings is 1. The standard InChI is InChI=1S/C13H14N2O2/c1-8-4-5-10(13(16)17)11(6-8)12-7-14-15(3)9(12)2/h4-7H,1-3H3,(H,16,17). The fourth-order valence-electron chi connectivity index (χ4n) is 1.83. The number of aromatic nitrogens is 2. The molecule has 17 heavy (non-hydrogen) atoms. The molecule has 0 fully saturated rings. The molecule has 0 radical (unpaired) electrons. The van der Waals surface area contributed by atoms with Crippen molar-refractivity contribution in [2.24, 2.45) is 7.05 Å². The highest BCUT2D eigenvalue weighted by Gasteiger charge is 2.15. The molecule has 0 spiro atoms. The summed E-state index contributed by atoms with van der Waals surface area (Å²) in [5, 5.41) is 13.3. The number of carboxylic acid groups (broad SMARTS) is 1. The Hall–Kier alpha value is -2.10. The molecule has 0 aliphatic carbocycles. The Bertz CT molecular complexity index is 585. The van der Waals surface area contributed by atoms with Gasteiger partial charge in [0.25, 0.3) is 0 Å². The third kappa shape index (κ3) is 1.93. The van der Waals surface area contributed by atoms with Crippen molar-refractivity contribution >= 4 is 5.97 Å². The van der Waals surface area contributed by atoms with Gasteiger partial charge in [0.1, 0.15) is 0 Å². The molecular weight excluding hydrogens is 216 g/mol. The number of carboxylic acids is 1. The second-order valence-corrected chi connectivity index (χ2v) is 4.12. The summed E-state index contributed by atoms with van der Waals surface area (Å²) in [7, 11) is 1.84. The minimum atomic E-state index is -0.914. The predicted molar refractivity (Wildman–Crippen MR) is 65.1 cm³/mol. The highest BCUT2D eigenvalue weighted by molar-refractivity contribution is 5.96. The molecule has 1 aromatic carbocycles. The molecule has 1 aromatic heterocycles. The van der Waals surface area contributed by atoms with E-state index in [4.69, 9.17) is 0 Å². The van der Waals surface area contributed by atoms with E-state index in [0.29, 0.717) is 5.56 Å². The summed E-state index contributed by atoms with van der Waals surface area (Å²) >= 11 is 0. The summed E-state index contributed by atoms with van der Waals surface area (Å²) in [6.45, 7) is 3.87. The van der Waals surface area contributed by atoms with Gasteiger partial charge in [0, 0.05) is 18.3 Å². The molecule has 4 heteroatoms. The maximum atomic E-state index is 11.2. The van der Waals surface area contributed by atoms with Crippen LogP contribution in [0.25, 0.3) is 11.1 Å². The van der Waals surface area contributed by atoms with Crippen molar-refractivity contribution in [2.45, 2.75) is 13.8 Å². The zero-order chi connectivity index (χ0) is 12.6. The van der Waals surface area contributed by atoms with Crippen LogP contribution >= 0.6 is 0 Å². The number of hydrogen-bond donors (Lipinski definition) is 1. The lowest BCUT2D eigenvalue weighted by atomic mass is 9.98. The molecule has 0 aliphatic heterocycles. The van der Waals surface area contributed by atoms with E-state index < -0.39 is 5.97 Å². The van der Waals surface area contributed by atoms with E-state index in [-0.39, 0.29) is 0 Å². The van der Waals surface area contributed by atoms with Gasteiger partial charge in [-0.25, -0.2) is 4.79 Å². The first kappa shape index (κ1) is 11.4. The van der Waals surface area contributed by atoms with E-state index in [1.54, 1.807) is 23.0 Å². The summed E-state index contributed by atoms with van der Waals surface area (Å²) < 4.78 is 1.74. The quantitative estimate of drug-likeness (QED) is 0.861. The maximum Gasteiger partial charge on any atom is 0.336 e. The number of nitrogens with zero attached hydrogens (tertiary/aromatic N) is 2. The van der Waals surface area contributed by atoms with Crippen molar-refractivity contribution in [2.75, 3.05) is 0 Å². The lowest BCUT2D eigenvalue weighted by molar-refractivity contribution is 0.0698. The minimum Gasteiger partial charge on any atom is -0.478 e. The zero-order valence-corrected chi connectivity index (χ0v) is 10.1. The Morgan fingerprint density at radius 2 is 2.00 bits per heavy atom. The summed E-state index contributed by atoms with van der Waals surface area (Å²) in [4.78, 5) is 11.2. The molecule has 0 saturated carbocycles. The van der Waals surface area contributed by atoms with Crippen molar-refractivity contribution in [1.29, 1.82) is 0 Å². The van der Waals surface area contributed by atoms with Gasteiger partial charge >= 0.3 is 5.97 Å². The number of carbonyl (C=O) groups is 1. The van der Waals surface area contributed by atoms with Crippen LogP contribution in [0.15, 0.2) is 24.4 Å². The SMILES string of the molecule is Cc1ccc(C(=O)O)c(-c2cnn(C)c2C)c1. The van der Waals surface area contributed by atoms with E-state index in [9.17, 15) is 9.90 Å². The minimum absolute atomic E-state index is 0.312. The summed E-state index contributed by atoms with van der Waals surface area (Å²) in [5.74, 6) is -0.914. The van der Waals surface area contributed by atoms with Crippen molar-refractivity contribution in [3.05, 3.63) is 41.2 Å². The lowest BCUT2D eigenvalue weighted by Crippen LogP contribution is -2.00. The fourth-order valence-corrected chi connectivity index (χ4v) is 1.83. The molecule has 0 saturated heterocycles. The Kier molecular flexibility index (Phi) is 2.71. The molecule has 88 valence electrons. The van der Waals surface area contributed by atoms with E-state index in [0.717, 1.165) is 22.4 Å². The van der Waals surface area contributed by atoms with Crippen LogP contribution in [0.1, 0.15) is 21.6 Å². The molecule has 0 unspecified atom stereocenters. The normalized spacial score (nSPS) is 10.5. The summed E-state index contributed by atoms with van der Waals surface area (Å²) in [6, 6.07) is 5.32. The Balaban J connectivity index is 2.69. The van der Waals surface area contributed by atoms with Gasteiger partial charge < -0.3 is 5.11 Å². The molecule has 0 atom stereocenters. The van der Waals surface area contributed by atoms with E-state index >= 15 is 0 Å². The van der Waals surface area contributed by atoms with E-state index in [1.807, 2.05) is 27.0 Å².